The van der Waals surface area contributed by atoms with Gasteiger partial charge in [-0.2, -0.15) is 0 Å². The van der Waals surface area contributed by atoms with Crippen molar-refractivity contribution in [1.29, 1.82) is 0 Å². The van der Waals surface area contributed by atoms with E-state index in [1.807, 2.05) is 13.0 Å². The van der Waals surface area contributed by atoms with E-state index < -0.39 is 23.9 Å². The topological polar surface area (TPSA) is 82.1 Å². The van der Waals surface area contributed by atoms with Crippen molar-refractivity contribution in [2.75, 3.05) is 26.9 Å². The number of carbonyl (C=O) groups excluding carboxylic acids is 3. The molecule has 0 spiro atoms. The quantitative estimate of drug-likeness (QED) is 0.522. The van der Waals surface area contributed by atoms with Crippen LogP contribution in [0.4, 0.5) is 0 Å². The molecule has 2 heterocycles. The molecule has 0 aromatic rings. The summed E-state index contributed by atoms with van der Waals surface area (Å²) in [5.74, 6) is -1.55. The molecule has 1 fully saturated rings. The predicted octanol–water partition coefficient (Wildman–Crippen LogP) is 1.31. The molecule has 25 heavy (non-hydrogen) atoms. The van der Waals surface area contributed by atoms with Gasteiger partial charge in [-0.1, -0.05) is 19.1 Å². The Labute approximate surface area is 148 Å². The summed E-state index contributed by atoms with van der Waals surface area (Å²) in [5, 5.41) is 0. The van der Waals surface area contributed by atoms with Gasteiger partial charge in [0.1, 0.15) is 19.3 Å². The molecule has 0 saturated carbocycles. The van der Waals surface area contributed by atoms with Gasteiger partial charge in [0, 0.05) is 26.0 Å². The number of cyclic esters (lactones) is 2. The Balaban J connectivity index is 2.15. The lowest BCUT2D eigenvalue weighted by Crippen LogP contribution is -2.41. The third-order valence-electron chi connectivity index (χ3n) is 4.73. The molecule has 0 bridgehead atoms. The highest BCUT2D eigenvalue weighted by Gasteiger charge is 2.35. The molecule has 0 radical (unpaired) electrons. The Morgan fingerprint density at radius 2 is 1.84 bits per heavy atom. The molecule has 2 rings (SSSR count). The summed E-state index contributed by atoms with van der Waals surface area (Å²) < 4.78 is 15.9. The molecule has 0 aromatic carbocycles. The van der Waals surface area contributed by atoms with E-state index in [2.05, 4.69) is 0 Å². The molecule has 140 valence electrons. The molecule has 0 aliphatic carbocycles. The number of hydrogen-bond donors (Lipinski definition) is 0. The highest BCUT2D eigenvalue weighted by Crippen LogP contribution is 2.21. The fourth-order valence-electron chi connectivity index (χ4n) is 3.05. The Bertz CT molecular complexity index is 532. The van der Waals surface area contributed by atoms with Crippen molar-refractivity contribution < 1.29 is 28.6 Å². The van der Waals surface area contributed by atoms with Crippen LogP contribution < -0.4 is 0 Å². The largest absolute Gasteiger partial charge is 0.463 e. The van der Waals surface area contributed by atoms with Gasteiger partial charge in [0.2, 0.25) is 5.91 Å². The summed E-state index contributed by atoms with van der Waals surface area (Å²) in [6, 6.07) is -0.557. The third-order valence-corrected chi connectivity index (χ3v) is 4.73. The van der Waals surface area contributed by atoms with Crippen LogP contribution in [0.1, 0.15) is 33.1 Å². The molecule has 1 amide bonds. The average molecular weight is 353 g/mol. The molecule has 2 aliphatic rings. The SMILES string of the molecule is CO[C@@H]1COC(=O)[C@H](C)COC(=O)[C@@H]2CCCN2C(=O)C/C=C/[C@H]1C. The number of rotatable bonds is 1. The smallest absolute Gasteiger partial charge is 0.328 e. The fraction of sp³-hybridized carbons (Fsp3) is 0.722. The zero-order valence-electron chi connectivity index (χ0n) is 15.1. The number of ether oxygens (including phenoxy) is 3. The summed E-state index contributed by atoms with van der Waals surface area (Å²) in [7, 11) is 1.56. The number of esters is 2. The standard InChI is InChI=1S/C18H27NO6/c1-12-6-4-8-16(20)19-9-5-7-14(19)18(22)24-10-13(2)17(21)25-11-15(12)23-3/h4,6,12-15H,5,7-11H2,1-3H3/b6-4+/t12-,13-,14+,15-/m1/s1. The highest BCUT2D eigenvalue weighted by atomic mass is 16.6. The average Bonchev–Trinajstić information content (AvgIpc) is 3.08. The summed E-state index contributed by atoms with van der Waals surface area (Å²) >= 11 is 0. The molecule has 0 N–H and O–H groups in total. The van der Waals surface area contributed by atoms with Crippen LogP contribution in [0.2, 0.25) is 0 Å². The Morgan fingerprint density at radius 3 is 2.56 bits per heavy atom. The minimum absolute atomic E-state index is 0.0155. The second-order valence-corrected chi connectivity index (χ2v) is 6.67. The van der Waals surface area contributed by atoms with Gasteiger partial charge < -0.3 is 19.1 Å². The Kier molecular flexibility index (Phi) is 6.99. The van der Waals surface area contributed by atoms with Gasteiger partial charge in [-0.15, -0.1) is 0 Å². The molecule has 2 aliphatic heterocycles. The number of hydrogen-bond acceptors (Lipinski definition) is 6. The normalized spacial score (nSPS) is 33.7. The third kappa shape index (κ3) is 5.04. The van der Waals surface area contributed by atoms with Crippen LogP contribution in [-0.2, 0) is 28.6 Å². The number of amides is 1. The van der Waals surface area contributed by atoms with Crippen LogP contribution in [0, 0.1) is 11.8 Å². The summed E-state index contributed by atoms with van der Waals surface area (Å²) in [5.41, 5.74) is 0. The maximum atomic E-state index is 12.4. The Hall–Kier alpha value is -1.89. The van der Waals surface area contributed by atoms with Crippen LogP contribution in [0.25, 0.3) is 0 Å². The molecule has 0 unspecified atom stereocenters. The molecule has 7 nitrogen and oxygen atoms in total. The first-order valence-electron chi connectivity index (χ1n) is 8.76. The van der Waals surface area contributed by atoms with Crippen molar-refractivity contribution in [3.8, 4) is 0 Å². The monoisotopic (exact) mass is 353 g/mol. The zero-order chi connectivity index (χ0) is 18.4. The van der Waals surface area contributed by atoms with Gasteiger partial charge in [-0.3, -0.25) is 9.59 Å². The second-order valence-electron chi connectivity index (χ2n) is 6.67. The molecule has 0 aromatic heterocycles. The van der Waals surface area contributed by atoms with E-state index in [0.717, 1.165) is 6.42 Å². The van der Waals surface area contributed by atoms with Crippen LogP contribution in [0.5, 0.6) is 0 Å². The van der Waals surface area contributed by atoms with E-state index in [0.29, 0.717) is 13.0 Å². The van der Waals surface area contributed by atoms with Gasteiger partial charge in [0.15, 0.2) is 0 Å². The first-order chi connectivity index (χ1) is 11.9. The van der Waals surface area contributed by atoms with Crippen molar-refractivity contribution in [3.05, 3.63) is 12.2 Å². The van der Waals surface area contributed by atoms with Crippen molar-refractivity contribution in [3.63, 3.8) is 0 Å². The van der Waals surface area contributed by atoms with Crippen LogP contribution in [0.15, 0.2) is 12.2 Å². The number of nitrogens with zero attached hydrogens (tertiary/aromatic N) is 1. The number of fused-ring (bicyclic) bond motifs is 1. The number of methoxy groups -OCH3 is 1. The molecule has 7 heteroatoms. The summed E-state index contributed by atoms with van der Waals surface area (Å²) in [4.78, 5) is 38.3. The van der Waals surface area contributed by atoms with Crippen molar-refractivity contribution >= 4 is 17.8 Å². The van der Waals surface area contributed by atoms with E-state index in [1.54, 1.807) is 25.0 Å². The van der Waals surface area contributed by atoms with Gasteiger partial charge in [0.05, 0.1) is 12.0 Å². The maximum Gasteiger partial charge on any atom is 0.328 e. The molecule has 4 atom stereocenters. The first kappa shape index (κ1) is 19.4. The summed E-state index contributed by atoms with van der Waals surface area (Å²) in [6.07, 6.45) is 4.95. The van der Waals surface area contributed by atoms with Gasteiger partial charge in [-0.05, 0) is 19.8 Å². The molecular weight excluding hydrogens is 326 g/mol. The molecule has 1 saturated heterocycles. The zero-order valence-corrected chi connectivity index (χ0v) is 15.1. The van der Waals surface area contributed by atoms with Gasteiger partial charge in [-0.25, -0.2) is 4.79 Å². The fourth-order valence-corrected chi connectivity index (χ4v) is 3.05. The van der Waals surface area contributed by atoms with Crippen molar-refractivity contribution in [2.45, 2.75) is 45.3 Å². The highest BCUT2D eigenvalue weighted by molar-refractivity contribution is 5.86. The van der Waals surface area contributed by atoms with E-state index in [9.17, 15) is 14.4 Å². The van der Waals surface area contributed by atoms with E-state index in [4.69, 9.17) is 14.2 Å². The van der Waals surface area contributed by atoms with E-state index in [-0.39, 0.29) is 37.6 Å². The van der Waals surface area contributed by atoms with E-state index in [1.165, 1.54) is 0 Å². The lowest BCUT2D eigenvalue weighted by molar-refractivity contribution is -0.160. The minimum Gasteiger partial charge on any atom is -0.463 e. The van der Waals surface area contributed by atoms with Crippen LogP contribution in [-0.4, -0.2) is 61.8 Å². The lowest BCUT2D eigenvalue weighted by atomic mass is 10.0. The van der Waals surface area contributed by atoms with Gasteiger partial charge in [0.25, 0.3) is 0 Å². The first-order valence-corrected chi connectivity index (χ1v) is 8.76. The number of carbonyl (C=O) groups is 3. The second kappa shape index (κ2) is 8.99. The molecular formula is C18H27NO6. The summed E-state index contributed by atoms with van der Waals surface area (Å²) in [6.45, 7) is 4.20. The van der Waals surface area contributed by atoms with Crippen molar-refractivity contribution in [2.24, 2.45) is 11.8 Å². The van der Waals surface area contributed by atoms with E-state index >= 15 is 0 Å². The lowest BCUT2D eigenvalue weighted by Gasteiger charge is -2.23. The van der Waals surface area contributed by atoms with Crippen LogP contribution >= 0.6 is 0 Å². The van der Waals surface area contributed by atoms with Crippen molar-refractivity contribution in [1.82, 2.24) is 4.90 Å². The maximum absolute atomic E-state index is 12.4. The Morgan fingerprint density at radius 1 is 1.12 bits per heavy atom. The minimum atomic E-state index is -0.567. The van der Waals surface area contributed by atoms with Crippen LogP contribution in [0.3, 0.4) is 0 Å². The predicted molar refractivity (Wildman–Crippen MR) is 89.5 cm³/mol. The van der Waals surface area contributed by atoms with Gasteiger partial charge >= 0.3 is 11.9 Å².